The fourth-order valence-electron chi connectivity index (χ4n) is 4.02. The van der Waals surface area contributed by atoms with E-state index >= 15 is 0 Å². The van der Waals surface area contributed by atoms with Crippen LogP contribution in [0.4, 0.5) is 4.39 Å². The van der Waals surface area contributed by atoms with Gasteiger partial charge in [-0.05, 0) is 68.1 Å². The van der Waals surface area contributed by atoms with Gasteiger partial charge in [0.2, 0.25) is 11.8 Å². The molecule has 176 valence electrons. The fourth-order valence-corrected chi connectivity index (χ4v) is 4.02. The Bertz CT molecular complexity index is 1140. The lowest BCUT2D eigenvalue weighted by atomic mass is 9.90. The van der Waals surface area contributed by atoms with Crippen LogP contribution in [0.2, 0.25) is 0 Å². The van der Waals surface area contributed by atoms with Gasteiger partial charge in [0.05, 0.1) is 6.42 Å². The van der Waals surface area contributed by atoms with Crippen molar-refractivity contribution in [2.75, 3.05) is 0 Å². The minimum absolute atomic E-state index is 0.0299. The maximum Gasteiger partial charge on any atom is 0.257 e. The number of hydrogen-bond acceptors (Lipinski definition) is 5. The summed E-state index contributed by atoms with van der Waals surface area (Å²) >= 11 is 0. The van der Waals surface area contributed by atoms with E-state index in [0.717, 1.165) is 25.7 Å². The summed E-state index contributed by atoms with van der Waals surface area (Å²) < 4.78 is 18.8. The molecule has 0 aliphatic heterocycles. The number of benzene rings is 2. The summed E-state index contributed by atoms with van der Waals surface area (Å²) in [5, 5.41) is 15.9. The Hall–Kier alpha value is -3.94. The van der Waals surface area contributed by atoms with Gasteiger partial charge in [0, 0.05) is 23.8 Å². The molecule has 0 atom stereocenters. The maximum absolute atomic E-state index is 13.1. The van der Waals surface area contributed by atoms with E-state index in [0.29, 0.717) is 16.9 Å². The molecule has 0 radical (unpaired) electrons. The number of rotatable bonds is 7. The Morgan fingerprint density at radius 3 is 2.32 bits per heavy atom. The topological polar surface area (TPSA) is 101 Å². The van der Waals surface area contributed by atoms with Gasteiger partial charge in [0.15, 0.2) is 0 Å². The van der Waals surface area contributed by atoms with E-state index in [9.17, 15) is 19.1 Å². The van der Waals surface area contributed by atoms with Gasteiger partial charge >= 0.3 is 0 Å². The minimum atomic E-state index is -0.378. The summed E-state index contributed by atoms with van der Waals surface area (Å²) in [5.74, 6) is -0.159. The second-order valence-electron chi connectivity index (χ2n) is 8.31. The number of aromatic hydroxyl groups is 1. The third-order valence-corrected chi connectivity index (χ3v) is 5.81. The molecule has 1 fully saturated rings. The van der Waals surface area contributed by atoms with Crippen LogP contribution in [-0.2, 0) is 11.2 Å². The summed E-state index contributed by atoms with van der Waals surface area (Å²) in [7, 11) is 0. The largest absolute Gasteiger partial charge is 0.508 e. The SMILES string of the molecule is O=C(Cc1ccccc1O)NC1CCC(NC(=O)c2cccnc2Oc2ccc(F)cc2)CC1. The van der Waals surface area contributed by atoms with E-state index < -0.39 is 0 Å². The van der Waals surface area contributed by atoms with Gasteiger partial charge in [0.1, 0.15) is 22.9 Å². The van der Waals surface area contributed by atoms with Crippen molar-refractivity contribution in [2.45, 2.75) is 44.2 Å². The first-order chi connectivity index (χ1) is 16.5. The lowest BCUT2D eigenvalue weighted by Gasteiger charge is -2.29. The summed E-state index contributed by atoms with van der Waals surface area (Å²) in [6.07, 6.45) is 4.58. The number of pyridine rings is 1. The van der Waals surface area contributed by atoms with E-state index in [1.165, 1.54) is 30.5 Å². The minimum Gasteiger partial charge on any atom is -0.508 e. The first-order valence-corrected chi connectivity index (χ1v) is 11.2. The van der Waals surface area contributed by atoms with Crippen molar-refractivity contribution in [3.8, 4) is 17.4 Å². The average molecular weight is 464 g/mol. The van der Waals surface area contributed by atoms with Gasteiger partial charge in [-0.3, -0.25) is 9.59 Å². The van der Waals surface area contributed by atoms with Crippen LogP contribution in [0, 0.1) is 5.82 Å². The number of phenolic OH excluding ortho intramolecular Hbond substituents is 1. The molecule has 34 heavy (non-hydrogen) atoms. The molecular weight excluding hydrogens is 437 g/mol. The zero-order chi connectivity index (χ0) is 23.9. The number of phenols is 1. The molecule has 0 unspecified atom stereocenters. The number of ether oxygens (including phenoxy) is 1. The summed E-state index contributed by atoms with van der Waals surface area (Å²) in [6.45, 7) is 0. The Labute approximate surface area is 197 Å². The van der Waals surface area contributed by atoms with E-state index in [1.807, 2.05) is 0 Å². The lowest BCUT2D eigenvalue weighted by molar-refractivity contribution is -0.121. The first kappa shape index (κ1) is 23.2. The number of carbonyl (C=O) groups excluding carboxylic acids is 2. The number of nitrogens with zero attached hydrogens (tertiary/aromatic N) is 1. The van der Waals surface area contributed by atoms with Crippen LogP contribution in [0.25, 0.3) is 0 Å². The second-order valence-corrected chi connectivity index (χ2v) is 8.31. The van der Waals surface area contributed by atoms with Crippen LogP contribution in [0.3, 0.4) is 0 Å². The molecule has 8 heteroatoms. The van der Waals surface area contributed by atoms with Crippen LogP contribution < -0.4 is 15.4 Å². The van der Waals surface area contributed by atoms with Crippen molar-refractivity contribution >= 4 is 11.8 Å². The molecule has 1 aliphatic carbocycles. The van der Waals surface area contributed by atoms with Gasteiger partial charge in [0.25, 0.3) is 5.91 Å². The van der Waals surface area contributed by atoms with Crippen molar-refractivity contribution in [3.05, 3.63) is 83.8 Å². The Morgan fingerprint density at radius 1 is 0.941 bits per heavy atom. The zero-order valence-corrected chi connectivity index (χ0v) is 18.5. The van der Waals surface area contributed by atoms with Crippen molar-refractivity contribution in [3.63, 3.8) is 0 Å². The number of amides is 2. The van der Waals surface area contributed by atoms with Crippen LogP contribution in [-0.4, -0.2) is 34.0 Å². The number of aromatic nitrogens is 1. The molecule has 1 aliphatic rings. The van der Waals surface area contributed by atoms with Crippen LogP contribution in [0.15, 0.2) is 66.9 Å². The molecule has 2 amide bonds. The second kappa shape index (κ2) is 10.8. The number of nitrogens with one attached hydrogen (secondary N) is 2. The molecule has 4 rings (SSSR count). The number of para-hydroxylation sites is 1. The van der Waals surface area contributed by atoms with Gasteiger partial charge in [-0.25, -0.2) is 9.37 Å². The Balaban J connectivity index is 1.28. The first-order valence-electron chi connectivity index (χ1n) is 11.2. The standard InChI is InChI=1S/C26H26FN3O4/c27-18-7-13-21(14-8-18)34-26-22(5-3-15-28-26)25(33)30-20-11-9-19(10-12-20)29-24(32)16-17-4-1-2-6-23(17)31/h1-8,13-15,19-20,31H,9-12,16H2,(H,29,32)(H,30,33). The highest BCUT2D eigenvalue weighted by Gasteiger charge is 2.25. The molecule has 1 aromatic heterocycles. The molecule has 3 N–H and O–H groups in total. The summed E-state index contributed by atoms with van der Waals surface area (Å²) in [4.78, 5) is 29.4. The molecule has 1 heterocycles. The van der Waals surface area contributed by atoms with Crippen molar-refractivity contribution in [2.24, 2.45) is 0 Å². The molecular formula is C26H26FN3O4. The van der Waals surface area contributed by atoms with Gasteiger partial charge in [-0.2, -0.15) is 0 Å². The van der Waals surface area contributed by atoms with Crippen molar-refractivity contribution in [1.29, 1.82) is 0 Å². The molecule has 7 nitrogen and oxygen atoms in total. The normalized spacial score (nSPS) is 17.6. The highest BCUT2D eigenvalue weighted by atomic mass is 19.1. The fraction of sp³-hybridized carbons (Fsp3) is 0.269. The number of carbonyl (C=O) groups is 2. The molecule has 0 spiro atoms. The van der Waals surface area contributed by atoms with Crippen molar-refractivity contribution < 1.29 is 23.8 Å². The summed E-state index contributed by atoms with van der Waals surface area (Å²) in [6, 6.07) is 15.6. The van der Waals surface area contributed by atoms with Gasteiger partial charge in [-0.15, -0.1) is 0 Å². The predicted octanol–water partition coefficient (Wildman–Crippen LogP) is 4.12. The molecule has 3 aromatic rings. The molecule has 1 saturated carbocycles. The zero-order valence-electron chi connectivity index (χ0n) is 18.5. The third kappa shape index (κ3) is 6.10. The smallest absolute Gasteiger partial charge is 0.257 e. The molecule has 2 aromatic carbocycles. The highest BCUT2D eigenvalue weighted by Crippen LogP contribution is 2.25. The van der Waals surface area contributed by atoms with Gasteiger partial charge in [-0.1, -0.05) is 18.2 Å². The van der Waals surface area contributed by atoms with E-state index in [-0.39, 0.29) is 47.8 Å². The number of hydrogen-bond donors (Lipinski definition) is 3. The summed E-state index contributed by atoms with van der Waals surface area (Å²) in [5.41, 5.74) is 0.890. The average Bonchev–Trinajstić information content (AvgIpc) is 2.83. The molecule has 0 bridgehead atoms. The van der Waals surface area contributed by atoms with Crippen LogP contribution >= 0.6 is 0 Å². The quantitative estimate of drug-likeness (QED) is 0.489. The monoisotopic (exact) mass is 463 g/mol. The van der Waals surface area contributed by atoms with Crippen molar-refractivity contribution in [1.82, 2.24) is 15.6 Å². The lowest BCUT2D eigenvalue weighted by Crippen LogP contribution is -2.44. The Morgan fingerprint density at radius 2 is 1.62 bits per heavy atom. The number of halogens is 1. The Kier molecular flexibility index (Phi) is 7.37. The van der Waals surface area contributed by atoms with Gasteiger partial charge < -0.3 is 20.5 Å². The van der Waals surface area contributed by atoms with E-state index in [1.54, 1.807) is 36.4 Å². The predicted molar refractivity (Wildman–Crippen MR) is 124 cm³/mol. The van der Waals surface area contributed by atoms with E-state index in [2.05, 4.69) is 15.6 Å². The highest BCUT2D eigenvalue weighted by molar-refractivity contribution is 5.96. The van der Waals surface area contributed by atoms with Crippen LogP contribution in [0.5, 0.6) is 17.4 Å². The molecule has 0 saturated heterocycles. The van der Waals surface area contributed by atoms with Crippen LogP contribution in [0.1, 0.15) is 41.6 Å². The third-order valence-electron chi connectivity index (χ3n) is 5.81. The maximum atomic E-state index is 13.1. The van der Waals surface area contributed by atoms with E-state index in [4.69, 9.17) is 4.74 Å².